The second-order valence-electron chi connectivity index (χ2n) is 0.523. The quantitative estimate of drug-likeness (QED) is 0.338. The fraction of sp³-hybridized carbons (Fsp3) is 0. The van der Waals surface area contributed by atoms with E-state index in [1.165, 1.54) is 0 Å². The summed E-state index contributed by atoms with van der Waals surface area (Å²) >= 11 is 0. The zero-order chi connectivity index (χ0) is 4.28. The molecule has 0 amide bonds. The van der Waals surface area contributed by atoms with Crippen molar-refractivity contribution in [2.24, 2.45) is 0 Å². The average molecular weight is 135 g/mol. The van der Waals surface area contributed by atoms with Crippen LogP contribution in [0.25, 0.3) is 0 Å². The van der Waals surface area contributed by atoms with E-state index in [-0.39, 0.29) is 17.1 Å². The average Bonchev–Trinajstić information content (AvgIpc) is 1.38. The molecule has 0 aliphatic carbocycles. The van der Waals surface area contributed by atoms with Crippen molar-refractivity contribution in [2.45, 2.75) is 0 Å². The van der Waals surface area contributed by atoms with Gasteiger partial charge in [-0.05, 0) is 6.08 Å². The summed E-state index contributed by atoms with van der Waals surface area (Å²) in [5, 5.41) is 9.14. The molecule has 0 atom stereocenters. The largest absolute Gasteiger partial charge is 2.00 e. The Morgan fingerprint density at radius 3 is 2.00 bits per heavy atom. The maximum atomic E-state index is 9.14. The molecule has 0 N–H and O–H groups in total. The Bertz CT molecular complexity index is 59.8. The minimum Gasteiger partial charge on any atom is -0.545 e. The predicted octanol–water partition coefficient (Wildman–Crippen LogP) is -1.08. The first-order valence-corrected chi connectivity index (χ1v) is 1.11. The molecule has 0 bridgehead atoms. The van der Waals surface area contributed by atoms with Gasteiger partial charge in [0, 0.05) is 0 Å². The molecule has 0 saturated heterocycles. The van der Waals surface area contributed by atoms with E-state index in [4.69, 9.17) is 9.90 Å². The predicted molar refractivity (Wildman–Crippen MR) is 15.2 cm³/mol. The summed E-state index contributed by atoms with van der Waals surface area (Å²) in [5.74, 6) is -1.23. The van der Waals surface area contributed by atoms with Crippen LogP contribution in [0, 0.1) is 0 Å². The van der Waals surface area contributed by atoms with Crippen molar-refractivity contribution in [1.82, 2.24) is 0 Å². The summed E-state index contributed by atoms with van der Waals surface area (Å²) in [6.45, 7) is 2.90. The molecule has 0 fully saturated rings. The third-order valence-corrected chi connectivity index (χ3v) is 0.167. The van der Waals surface area contributed by atoms with Gasteiger partial charge in [0.1, 0.15) is 0 Å². The first kappa shape index (κ1) is 9.21. The molecule has 6 heavy (non-hydrogen) atoms. The standard InChI is InChI=1S/C3H4O2.Cu/c1-2-3(4)5;/h2H,1H2,(H,4,5);/q;+2/p-1. The van der Waals surface area contributed by atoms with E-state index >= 15 is 0 Å². The van der Waals surface area contributed by atoms with Crippen molar-refractivity contribution in [3.63, 3.8) is 0 Å². The van der Waals surface area contributed by atoms with Crippen LogP contribution in [0.2, 0.25) is 0 Å². The monoisotopic (exact) mass is 134 g/mol. The second-order valence-corrected chi connectivity index (χ2v) is 0.523. The SMILES string of the molecule is C=CC(=O)[O-].[Cu+2]. The smallest absolute Gasteiger partial charge is 0.545 e. The fourth-order valence-electron chi connectivity index (χ4n) is 0. The van der Waals surface area contributed by atoms with Crippen LogP contribution in [0.1, 0.15) is 0 Å². The summed E-state index contributed by atoms with van der Waals surface area (Å²) in [5.41, 5.74) is 0. The Kier molecular flexibility index (Phi) is 7.26. The first-order chi connectivity index (χ1) is 2.27. The molecule has 2 nitrogen and oxygen atoms in total. The minimum atomic E-state index is -1.23. The molecule has 0 saturated carbocycles. The molecule has 0 spiro atoms. The van der Waals surface area contributed by atoms with Crippen LogP contribution in [0.3, 0.4) is 0 Å². The van der Waals surface area contributed by atoms with Crippen molar-refractivity contribution in [3.8, 4) is 0 Å². The maximum Gasteiger partial charge on any atom is 2.00 e. The summed E-state index contributed by atoms with van der Waals surface area (Å²) in [4.78, 5) is 9.14. The van der Waals surface area contributed by atoms with E-state index in [0.717, 1.165) is 6.08 Å². The Labute approximate surface area is 46.3 Å². The number of carbonyl (C=O) groups is 1. The molecule has 37 valence electrons. The van der Waals surface area contributed by atoms with Gasteiger partial charge in [-0.1, -0.05) is 6.58 Å². The van der Waals surface area contributed by atoms with E-state index in [1.54, 1.807) is 0 Å². The number of rotatable bonds is 1. The van der Waals surface area contributed by atoms with Crippen molar-refractivity contribution in [2.75, 3.05) is 0 Å². The number of aliphatic carboxylic acids is 1. The molecule has 3 heteroatoms. The zero-order valence-electron chi connectivity index (χ0n) is 2.90. The van der Waals surface area contributed by atoms with Gasteiger partial charge < -0.3 is 9.90 Å². The summed E-state index contributed by atoms with van der Waals surface area (Å²) in [7, 11) is 0. The van der Waals surface area contributed by atoms with Crippen LogP contribution in [0.4, 0.5) is 0 Å². The van der Waals surface area contributed by atoms with Gasteiger partial charge in [0.2, 0.25) is 0 Å². The number of carbonyl (C=O) groups excluding carboxylic acids is 1. The van der Waals surface area contributed by atoms with Crippen LogP contribution >= 0.6 is 0 Å². The van der Waals surface area contributed by atoms with Crippen LogP contribution in [0.15, 0.2) is 12.7 Å². The van der Waals surface area contributed by atoms with Crippen LogP contribution < -0.4 is 5.11 Å². The van der Waals surface area contributed by atoms with Gasteiger partial charge in [0.15, 0.2) is 0 Å². The normalized spacial score (nSPS) is 5.33. The number of hydrogen-bond donors (Lipinski definition) is 0. The molecule has 0 aromatic carbocycles. The van der Waals surface area contributed by atoms with Crippen LogP contribution in [-0.2, 0) is 21.9 Å². The fourth-order valence-corrected chi connectivity index (χ4v) is 0. The molecule has 0 rings (SSSR count). The van der Waals surface area contributed by atoms with Gasteiger partial charge in [-0.2, -0.15) is 0 Å². The zero-order valence-corrected chi connectivity index (χ0v) is 3.84. The van der Waals surface area contributed by atoms with Gasteiger partial charge in [-0.25, -0.2) is 0 Å². The van der Waals surface area contributed by atoms with Crippen LogP contribution in [0.5, 0.6) is 0 Å². The van der Waals surface area contributed by atoms with Gasteiger partial charge in [0.25, 0.3) is 0 Å². The Morgan fingerprint density at radius 2 is 2.00 bits per heavy atom. The molecular weight excluding hydrogens is 132 g/mol. The van der Waals surface area contributed by atoms with Gasteiger partial charge in [-0.3, -0.25) is 0 Å². The van der Waals surface area contributed by atoms with Crippen molar-refractivity contribution in [3.05, 3.63) is 12.7 Å². The molecule has 1 radical (unpaired) electrons. The molecule has 0 aromatic heterocycles. The van der Waals surface area contributed by atoms with E-state index in [0.29, 0.717) is 0 Å². The van der Waals surface area contributed by atoms with E-state index < -0.39 is 5.97 Å². The minimum absolute atomic E-state index is 0. The third kappa shape index (κ3) is 9.29. The molecule has 0 heterocycles. The Morgan fingerprint density at radius 1 is 1.83 bits per heavy atom. The molecule has 0 aliphatic heterocycles. The topological polar surface area (TPSA) is 40.1 Å². The molecular formula is C3H3CuO2+. The van der Waals surface area contributed by atoms with E-state index in [2.05, 4.69) is 6.58 Å². The second kappa shape index (κ2) is 4.73. The Balaban J connectivity index is 0. The van der Waals surface area contributed by atoms with Crippen molar-refractivity contribution >= 4 is 5.97 Å². The molecule has 0 unspecified atom stereocenters. The third-order valence-electron chi connectivity index (χ3n) is 0.167. The number of carboxylic acid groups (broad SMARTS) is 1. The summed E-state index contributed by atoms with van der Waals surface area (Å²) in [6.07, 6.45) is 0.722. The van der Waals surface area contributed by atoms with E-state index in [9.17, 15) is 0 Å². The molecule has 0 aromatic rings. The number of carboxylic acids is 1. The van der Waals surface area contributed by atoms with Crippen LogP contribution in [-0.4, -0.2) is 5.97 Å². The number of hydrogen-bond acceptors (Lipinski definition) is 2. The molecule has 0 aliphatic rings. The van der Waals surface area contributed by atoms with Crippen molar-refractivity contribution < 1.29 is 27.0 Å². The Hall–Kier alpha value is -0.271. The van der Waals surface area contributed by atoms with Gasteiger partial charge >= 0.3 is 17.1 Å². The summed E-state index contributed by atoms with van der Waals surface area (Å²) < 4.78 is 0. The van der Waals surface area contributed by atoms with Crippen molar-refractivity contribution in [1.29, 1.82) is 0 Å². The first-order valence-electron chi connectivity index (χ1n) is 1.11. The van der Waals surface area contributed by atoms with E-state index in [1.807, 2.05) is 0 Å². The van der Waals surface area contributed by atoms with Gasteiger partial charge in [0.05, 0.1) is 5.97 Å². The van der Waals surface area contributed by atoms with Gasteiger partial charge in [-0.15, -0.1) is 0 Å². The summed E-state index contributed by atoms with van der Waals surface area (Å²) in [6, 6.07) is 0. The maximum absolute atomic E-state index is 9.14.